The van der Waals surface area contributed by atoms with Crippen LogP contribution in [0.3, 0.4) is 0 Å². The summed E-state index contributed by atoms with van der Waals surface area (Å²) in [6.45, 7) is 11.4. The van der Waals surface area contributed by atoms with Crippen molar-refractivity contribution in [3.05, 3.63) is 47.9 Å². The molecule has 1 aromatic carbocycles. The van der Waals surface area contributed by atoms with Crippen molar-refractivity contribution in [2.24, 2.45) is 4.99 Å². The van der Waals surface area contributed by atoms with E-state index in [-0.39, 0.29) is 0 Å². The molecular weight excluding hydrogens is 388 g/mol. The van der Waals surface area contributed by atoms with Crippen molar-refractivity contribution < 1.29 is 4.52 Å². The first kappa shape index (κ1) is 23.1. The Balaban J connectivity index is 1.31. The molecule has 1 saturated heterocycles. The van der Waals surface area contributed by atoms with Crippen LogP contribution in [0.25, 0.3) is 0 Å². The van der Waals surface area contributed by atoms with Crippen LogP contribution in [-0.4, -0.2) is 62.3 Å². The SMILES string of the molecule is CCC(CC)c1cc(CNC(=NC)NCCCN2CCN(c3ccccc3)CC2)on1. The van der Waals surface area contributed by atoms with Gasteiger partial charge in [-0.2, -0.15) is 0 Å². The third-order valence-corrected chi connectivity index (χ3v) is 6.07. The molecule has 2 heterocycles. The molecule has 1 fully saturated rings. The van der Waals surface area contributed by atoms with Gasteiger partial charge in [0.05, 0.1) is 12.2 Å². The van der Waals surface area contributed by atoms with Crippen molar-refractivity contribution in [1.29, 1.82) is 0 Å². The molecule has 0 amide bonds. The number of nitrogens with zero attached hydrogens (tertiary/aromatic N) is 4. The minimum Gasteiger partial charge on any atom is -0.369 e. The monoisotopic (exact) mass is 426 g/mol. The maximum absolute atomic E-state index is 5.48. The second kappa shape index (κ2) is 12.3. The number of piperazine rings is 1. The van der Waals surface area contributed by atoms with Gasteiger partial charge in [0.2, 0.25) is 0 Å². The van der Waals surface area contributed by atoms with E-state index in [1.54, 1.807) is 7.05 Å². The van der Waals surface area contributed by atoms with Crippen molar-refractivity contribution in [3.63, 3.8) is 0 Å². The summed E-state index contributed by atoms with van der Waals surface area (Å²) in [7, 11) is 1.80. The van der Waals surface area contributed by atoms with Gasteiger partial charge in [-0.25, -0.2) is 0 Å². The highest BCUT2D eigenvalue weighted by Crippen LogP contribution is 2.22. The Morgan fingerprint density at radius 3 is 2.52 bits per heavy atom. The van der Waals surface area contributed by atoms with Gasteiger partial charge in [-0.1, -0.05) is 37.2 Å². The first-order chi connectivity index (χ1) is 15.2. The Hall–Kier alpha value is -2.54. The molecule has 0 saturated carbocycles. The highest BCUT2D eigenvalue weighted by atomic mass is 16.5. The molecule has 0 bridgehead atoms. The molecule has 1 aromatic heterocycles. The van der Waals surface area contributed by atoms with Gasteiger partial charge < -0.3 is 20.1 Å². The van der Waals surface area contributed by atoms with Crippen LogP contribution in [0.4, 0.5) is 5.69 Å². The Morgan fingerprint density at radius 1 is 1.10 bits per heavy atom. The molecular formula is C24H38N6O. The fourth-order valence-electron chi connectivity index (χ4n) is 4.08. The quantitative estimate of drug-likeness (QED) is 0.345. The number of aliphatic imine (C=N–C) groups is 1. The summed E-state index contributed by atoms with van der Waals surface area (Å²) in [5.74, 6) is 2.13. The topological polar surface area (TPSA) is 68.9 Å². The molecule has 3 rings (SSSR count). The van der Waals surface area contributed by atoms with Crippen molar-refractivity contribution in [1.82, 2.24) is 20.7 Å². The van der Waals surface area contributed by atoms with Crippen molar-refractivity contribution in [2.75, 3.05) is 51.2 Å². The van der Waals surface area contributed by atoms with E-state index in [9.17, 15) is 0 Å². The summed E-state index contributed by atoms with van der Waals surface area (Å²) in [5, 5.41) is 11.0. The lowest BCUT2D eigenvalue weighted by atomic mass is 9.99. The average Bonchev–Trinajstić information content (AvgIpc) is 3.29. The van der Waals surface area contributed by atoms with Crippen LogP contribution in [0.2, 0.25) is 0 Å². The van der Waals surface area contributed by atoms with E-state index in [2.05, 4.69) is 80.8 Å². The van der Waals surface area contributed by atoms with Crippen LogP contribution in [0.5, 0.6) is 0 Å². The maximum Gasteiger partial charge on any atom is 0.191 e. The van der Waals surface area contributed by atoms with E-state index in [1.807, 2.05) is 0 Å². The second-order valence-electron chi connectivity index (χ2n) is 8.10. The lowest BCUT2D eigenvalue weighted by Gasteiger charge is -2.36. The van der Waals surface area contributed by atoms with Gasteiger partial charge in [-0.05, 0) is 37.9 Å². The summed E-state index contributed by atoms with van der Waals surface area (Å²) in [5.41, 5.74) is 2.38. The normalized spacial score (nSPS) is 15.5. The largest absolute Gasteiger partial charge is 0.369 e. The highest BCUT2D eigenvalue weighted by molar-refractivity contribution is 5.79. The van der Waals surface area contributed by atoms with Gasteiger partial charge in [-0.15, -0.1) is 0 Å². The molecule has 1 aliphatic rings. The van der Waals surface area contributed by atoms with Gasteiger partial charge in [-0.3, -0.25) is 9.89 Å². The predicted molar refractivity (Wildman–Crippen MR) is 128 cm³/mol. The number of nitrogens with one attached hydrogen (secondary N) is 2. The van der Waals surface area contributed by atoms with Gasteiger partial charge in [0.25, 0.3) is 0 Å². The second-order valence-corrected chi connectivity index (χ2v) is 8.10. The van der Waals surface area contributed by atoms with E-state index in [0.717, 1.165) is 75.9 Å². The molecule has 31 heavy (non-hydrogen) atoms. The van der Waals surface area contributed by atoms with E-state index in [1.165, 1.54) is 5.69 Å². The van der Waals surface area contributed by atoms with Crippen LogP contribution in [-0.2, 0) is 6.54 Å². The van der Waals surface area contributed by atoms with E-state index in [4.69, 9.17) is 4.52 Å². The Labute approximate surface area is 186 Å². The number of rotatable bonds is 10. The standard InChI is InChI=1S/C24H38N6O/c1-4-20(5-2)23-18-22(31-28-23)19-27-24(25-3)26-12-9-13-29-14-16-30(17-15-29)21-10-7-6-8-11-21/h6-8,10-11,18,20H,4-5,9,12-17,19H2,1-3H3,(H2,25,26,27). The zero-order valence-electron chi connectivity index (χ0n) is 19.3. The Kier molecular flexibility index (Phi) is 9.21. The molecule has 2 N–H and O–H groups in total. The third kappa shape index (κ3) is 6.99. The van der Waals surface area contributed by atoms with Crippen LogP contribution in [0.1, 0.15) is 50.5 Å². The van der Waals surface area contributed by atoms with Gasteiger partial charge in [0, 0.05) is 57.4 Å². The molecule has 0 atom stereocenters. The molecule has 0 spiro atoms. The number of para-hydroxylation sites is 1. The number of benzene rings is 1. The number of aromatic nitrogens is 1. The van der Waals surface area contributed by atoms with Crippen molar-refractivity contribution >= 4 is 11.6 Å². The molecule has 0 aliphatic carbocycles. The highest BCUT2D eigenvalue weighted by Gasteiger charge is 2.16. The third-order valence-electron chi connectivity index (χ3n) is 6.07. The number of guanidine groups is 1. The fourth-order valence-corrected chi connectivity index (χ4v) is 4.08. The summed E-state index contributed by atoms with van der Waals surface area (Å²) >= 11 is 0. The number of hydrogen-bond donors (Lipinski definition) is 2. The van der Waals surface area contributed by atoms with E-state index >= 15 is 0 Å². The lowest BCUT2D eigenvalue weighted by Crippen LogP contribution is -2.47. The molecule has 2 aromatic rings. The summed E-state index contributed by atoms with van der Waals surface area (Å²) in [4.78, 5) is 9.34. The average molecular weight is 427 g/mol. The zero-order chi connectivity index (χ0) is 21.9. The van der Waals surface area contributed by atoms with Crippen LogP contribution in [0.15, 0.2) is 45.9 Å². The van der Waals surface area contributed by atoms with Gasteiger partial charge in [0.15, 0.2) is 11.7 Å². The number of hydrogen-bond acceptors (Lipinski definition) is 5. The fraction of sp³-hybridized carbons (Fsp3) is 0.583. The van der Waals surface area contributed by atoms with Crippen molar-refractivity contribution in [3.8, 4) is 0 Å². The summed E-state index contributed by atoms with van der Waals surface area (Å²) < 4.78 is 5.48. The number of anilines is 1. The maximum atomic E-state index is 5.48. The van der Waals surface area contributed by atoms with Gasteiger partial charge in [0.1, 0.15) is 0 Å². The molecule has 0 unspecified atom stereocenters. The summed E-state index contributed by atoms with van der Waals surface area (Å²) in [6.07, 6.45) is 3.26. The minimum absolute atomic E-state index is 0.476. The zero-order valence-corrected chi connectivity index (χ0v) is 19.3. The molecule has 7 heteroatoms. The summed E-state index contributed by atoms with van der Waals surface area (Å²) in [6, 6.07) is 12.8. The van der Waals surface area contributed by atoms with Crippen LogP contribution < -0.4 is 15.5 Å². The van der Waals surface area contributed by atoms with Gasteiger partial charge >= 0.3 is 0 Å². The minimum atomic E-state index is 0.476. The van der Waals surface area contributed by atoms with E-state index in [0.29, 0.717) is 12.5 Å². The van der Waals surface area contributed by atoms with Crippen LogP contribution >= 0.6 is 0 Å². The lowest BCUT2D eigenvalue weighted by molar-refractivity contribution is 0.255. The molecule has 1 aliphatic heterocycles. The Bertz CT molecular complexity index is 778. The smallest absolute Gasteiger partial charge is 0.191 e. The van der Waals surface area contributed by atoms with Crippen LogP contribution in [0, 0.1) is 0 Å². The first-order valence-corrected chi connectivity index (χ1v) is 11.7. The van der Waals surface area contributed by atoms with E-state index < -0.39 is 0 Å². The Morgan fingerprint density at radius 2 is 1.84 bits per heavy atom. The first-order valence-electron chi connectivity index (χ1n) is 11.7. The molecule has 0 radical (unpaired) electrons. The predicted octanol–water partition coefficient (Wildman–Crippen LogP) is 3.46. The van der Waals surface area contributed by atoms with Crippen molar-refractivity contribution in [2.45, 2.75) is 45.6 Å². The molecule has 170 valence electrons. The molecule has 7 nitrogen and oxygen atoms in total.